The zero-order chi connectivity index (χ0) is 10.4. The van der Waals surface area contributed by atoms with E-state index in [2.05, 4.69) is 5.32 Å². The number of halogens is 2. The molecule has 0 spiro atoms. The highest BCUT2D eigenvalue weighted by Crippen LogP contribution is 2.12. The van der Waals surface area contributed by atoms with E-state index in [1.165, 1.54) is 12.1 Å². The largest absolute Gasteiger partial charge is 0.310 e. The third-order valence-corrected chi connectivity index (χ3v) is 2.13. The molecule has 0 fully saturated rings. The number of rotatable bonds is 5. The van der Waals surface area contributed by atoms with E-state index in [9.17, 15) is 8.78 Å². The van der Waals surface area contributed by atoms with E-state index in [1.54, 1.807) is 12.1 Å². The molecule has 3 heteroatoms. The van der Waals surface area contributed by atoms with Gasteiger partial charge in [0.05, 0.1) is 6.67 Å². The topological polar surface area (TPSA) is 12.0 Å². The van der Waals surface area contributed by atoms with Crippen LogP contribution in [0.4, 0.5) is 8.78 Å². The standard InChI is InChI=1S/C11H15F2N/c1-9(14-8-2-7-12)10-3-5-11(13)6-4-10/h3-6,9,14H,2,7-8H2,1H3/t9-/m0/s1. The first-order valence-corrected chi connectivity index (χ1v) is 4.79. The maximum Gasteiger partial charge on any atom is 0.123 e. The number of alkyl halides is 1. The SMILES string of the molecule is C[C@H](NCCCF)c1ccc(F)cc1. The van der Waals surface area contributed by atoms with Crippen molar-refractivity contribution in [3.63, 3.8) is 0 Å². The van der Waals surface area contributed by atoms with Gasteiger partial charge in [0.1, 0.15) is 5.82 Å². The molecule has 78 valence electrons. The van der Waals surface area contributed by atoms with Gasteiger partial charge in [0.15, 0.2) is 0 Å². The normalized spacial score (nSPS) is 12.8. The first kappa shape index (κ1) is 11.1. The first-order valence-electron chi connectivity index (χ1n) is 4.79. The molecule has 1 N–H and O–H groups in total. The second kappa shape index (κ2) is 5.70. The summed E-state index contributed by atoms with van der Waals surface area (Å²) >= 11 is 0. The fourth-order valence-corrected chi connectivity index (χ4v) is 1.25. The van der Waals surface area contributed by atoms with Gasteiger partial charge in [0.25, 0.3) is 0 Å². The third kappa shape index (κ3) is 3.42. The summed E-state index contributed by atoms with van der Waals surface area (Å²) < 4.78 is 24.4. The van der Waals surface area contributed by atoms with Gasteiger partial charge >= 0.3 is 0 Å². The van der Waals surface area contributed by atoms with Crippen molar-refractivity contribution >= 4 is 0 Å². The fourth-order valence-electron chi connectivity index (χ4n) is 1.25. The second-order valence-electron chi connectivity index (χ2n) is 3.27. The first-order chi connectivity index (χ1) is 6.74. The van der Waals surface area contributed by atoms with Gasteiger partial charge in [-0.15, -0.1) is 0 Å². The molecule has 1 nitrogen and oxygen atoms in total. The van der Waals surface area contributed by atoms with E-state index in [0.29, 0.717) is 13.0 Å². The Hall–Kier alpha value is -0.960. The molecule has 1 rings (SSSR count). The molecular formula is C11H15F2N. The molecule has 1 atom stereocenters. The summed E-state index contributed by atoms with van der Waals surface area (Å²) in [4.78, 5) is 0. The van der Waals surface area contributed by atoms with Crippen molar-refractivity contribution in [2.75, 3.05) is 13.2 Å². The molecule has 14 heavy (non-hydrogen) atoms. The predicted molar refractivity (Wildman–Crippen MR) is 53.4 cm³/mol. The molecule has 0 unspecified atom stereocenters. The maximum absolute atomic E-state index is 12.6. The molecule has 0 aromatic heterocycles. The van der Waals surface area contributed by atoms with Gasteiger partial charge in [-0.2, -0.15) is 0 Å². The molecule has 0 saturated carbocycles. The lowest BCUT2D eigenvalue weighted by Crippen LogP contribution is -2.20. The monoisotopic (exact) mass is 199 g/mol. The Balaban J connectivity index is 2.43. The lowest BCUT2D eigenvalue weighted by atomic mass is 10.1. The Morgan fingerprint density at radius 2 is 1.93 bits per heavy atom. The van der Waals surface area contributed by atoms with Crippen molar-refractivity contribution in [3.8, 4) is 0 Å². The van der Waals surface area contributed by atoms with Crippen LogP contribution in [0.1, 0.15) is 24.9 Å². The van der Waals surface area contributed by atoms with E-state index >= 15 is 0 Å². The smallest absolute Gasteiger partial charge is 0.123 e. The van der Waals surface area contributed by atoms with Crippen molar-refractivity contribution in [3.05, 3.63) is 35.6 Å². The van der Waals surface area contributed by atoms with E-state index in [1.807, 2.05) is 6.92 Å². The summed E-state index contributed by atoms with van der Waals surface area (Å²) in [6.07, 6.45) is 0.519. The summed E-state index contributed by atoms with van der Waals surface area (Å²) in [5.41, 5.74) is 1.02. The average Bonchev–Trinajstić information content (AvgIpc) is 2.19. The van der Waals surface area contributed by atoms with Gasteiger partial charge in [-0.3, -0.25) is 4.39 Å². The maximum atomic E-state index is 12.6. The lowest BCUT2D eigenvalue weighted by Gasteiger charge is -2.13. The highest BCUT2D eigenvalue weighted by atomic mass is 19.1. The minimum Gasteiger partial charge on any atom is -0.310 e. The van der Waals surface area contributed by atoms with Crippen molar-refractivity contribution in [1.82, 2.24) is 5.32 Å². The Morgan fingerprint density at radius 3 is 2.50 bits per heavy atom. The Bertz CT molecular complexity index is 258. The molecule has 0 amide bonds. The van der Waals surface area contributed by atoms with E-state index in [0.717, 1.165) is 5.56 Å². The summed E-state index contributed by atoms with van der Waals surface area (Å²) in [6, 6.07) is 6.48. The Morgan fingerprint density at radius 1 is 1.29 bits per heavy atom. The second-order valence-corrected chi connectivity index (χ2v) is 3.27. The zero-order valence-corrected chi connectivity index (χ0v) is 8.26. The molecule has 0 aliphatic carbocycles. The van der Waals surface area contributed by atoms with Gasteiger partial charge in [-0.25, -0.2) is 4.39 Å². The summed E-state index contributed by atoms with van der Waals surface area (Å²) in [5.74, 6) is -0.232. The van der Waals surface area contributed by atoms with Crippen LogP contribution < -0.4 is 5.32 Å². The lowest BCUT2D eigenvalue weighted by molar-refractivity contribution is 0.446. The van der Waals surface area contributed by atoms with Crippen molar-refractivity contribution in [2.24, 2.45) is 0 Å². The minimum atomic E-state index is -0.302. The highest BCUT2D eigenvalue weighted by Gasteiger charge is 2.03. The molecule has 0 radical (unpaired) electrons. The number of hydrogen-bond acceptors (Lipinski definition) is 1. The van der Waals surface area contributed by atoms with Gasteiger partial charge in [-0.05, 0) is 37.6 Å². The highest BCUT2D eigenvalue weighted by molar-refractivity contribution is 5.19. The van der Waals surface area contributed by atoms with Crippen LogP contribution in [0.5, 0.6) is 0 Å². The zero-order valence-electron chi connectivity index (χ0n) is 8.26. The van der Waals surface area contributed by atoms with Crippen LogP contribution in [0, 0.1) is 5.82 Å². The van der Waals surface area contributed by atoms with Crippen molar-refractivity contribution in [1.29, 1.82) is 0 Å². The number of nitrogens with one attached hydrogen (secondary N) is 1. The minimum absolute atomic E-state index is 0.141. The fraction of sp³-hybridized carbons (Fsp3) is 0.455. The third-order valence-electron chi connectivity index (χ3n) is 2.13. The van der Waals surface area contributed by atoms with Crippen LogP contribution in [-0.4, -0.2) is 13.2 Å². The van der Waals surface area contributed by atoms with E-state index < -0.39 is 0 Å². The van der Waals surface area contributed by atoms with Crippen LogP contribution in [0.3, 0.4) is 0 Å². The molecule has 0 heterocycles. The molecule has 1 aromatic rings. The number of hydrogen-bond donors (Lipinski definition) is 1. The summed E-state index contributed by atoms with van der Waals surface area (Å²) in [6.45, 7) is 2.32. The van der Waals surface area contributed by atoms with Crippen molar-refractivity contribution < 1.29 is 8.78 Å². The van der Waals surface area contributed by atoms with Crippen LogP contribution in [0.15, 0.2) is 24.3 Å². The van der Waals surface area contributed by atoms with Crippen LogP contribution in [0.2, 0.25) is 0 Å². The van der Waals surface area contributed by atoms with Crippen LogP contribution in [-0.2, 0) is 0 Å². The number of benzene rings is 1. The van der Waals surface area contributed by atoms with E-state index in [4.69, 9.17) is 0 Å². The molecule has 0 aliphatic heterocycles. The van der Waals surface area contributed by atoms with Gasteiger partial charge in [0.2, 0.25) is 0 Å². The Kier molecular flexibility index (Phi) is 4.53. The molecule has 0 aliphatic rings. The summed E-state index contributed by atoms with van der Waals surface area (Å²) in [7, 11) is 0. The van der Waals surface area contributed by atoms with Gasteiger partial charge < -0.3 is 5.32 Å². The molecule has 1 aromatic carbocycles. The van der Waals surface area contributed by atoms with Gasteiger partial charge in [0, 0.05) is 6.04 Å². The molecule has 0 bridgehead atoms. The van der Waals surface area contributed by atoms with Crippen molar-refractivity contribution in [2.45, 2.75) is 19.4 Å². The summed E-state index contributed by atoms with van der Waals surface area (Å²) in [5, 5.41) is 3.16. The van der Waals surface area contributed by atoms with E-state index in [-0.39, 0.29) is 18.5 Å². The van der Waals surface area contributed by atoms with Crippen LogP contribution >= 0.6 is 0 Å². The van der Waals surface area contributed by atoms with Gasteiger partial charge in [-0.1, -0.05) is 12.1 Å². The Labute approximate surface area is 83.1 Å². The molecule has 0 saturated heterocycles. The molecular weight excluding hydrogens is 184 g/mol. The quantitative estimate of drug-likeness (QED) is 0.719. The predicted octanol–water partition coefficient (Wildman–Crippen LogP) is 2.84. The average molecular weight is 199 g/mol. The van der Waals surface area contributed by atoms with Crippen LogP contribution in [0.25, 0.3) is 0 Å².